The van der Waals surface area contributed by atoms with E-state index in [9.17, 15) is 33.9 Å². The largest absolute Gasteiger partial charge is 0.617 e. The molecule has 0 aliphatic rings. The summed E-state index contributed by atoms with van der Waals surface area (Å²) in [5.41, 5.74) is 7.46. The van der Waals surface area contributed by atoms with Crippen LogP contribution in [-0.4, -0.2) is 100 Å². The Morgan fingerprint density at radius 1 is 0.951 bits per heavy atom. The van der Waals surface area contributed by atoms with Gasteiger partial charge in [-0.05, 0) is 29.7 Å². The van der Waals surface area contributed by atoms with Gasteiger partial charge in [0.2, 0.25) is 23.6 Å². The van der Waals surface area contributed by atoms with E-state index in [4.69, 9.17) is 5.73 Å². The second kappa shape index (κ2) is 17.2. The molecule has 0 heterocycles. The number of hydrogen-bond acceptors (Lipinski definition) is 8. The smallest absolute Gasteiger partial charge is 0.245 e. The summed E-state index contributed by atoms with van der Waals surface area (Å²) in [6, 6.07) is 12.0. The van der Waals surface area contributed by atoms with Gasteiger partial charge in [0, 0.05) is 26.4 Å². The van der Waals surface area contributed by atoms with Crippen LogP contribution in [0.25, 0.3) is 0 Å². The van der Waals surface area contributed by atoms with Gasteiger partial charge in [0.1, 0.15) is 23.6 Å². The number of rotatable bonds is 16. The molecule has 0 radical (unpaired) electrons. The molecule has 41 heavy (non-hydrogen) atoms. The number of carbonyl (C=O) groups is 4. The highest BCUT2D eigenvalue weighted by atomic mass is 32.2. The fourth-order valence-corrected chi connectivity index (χ4v) is 4.43. The molecule has 0 saturated carbocycles. The van der Waals surface area contributed by atoms with Crippen LogP contribution in [-0.2, 0) is 43.2 Å². The quantitative estimate of drug-likeness (QED) is 0.104. The first-order valence-electron chi connectivity index (χ1n) is 13.1. The van der Waals surface area contributed by atoms with E-state index in [0.717, 1.165) is 5.56 Å². The Labute approximate surface area is 242 Å². The number of amides is 4. The second-order valence-electron chi connectivity index (χ2n) is 9.57. The Morgan fingerprint density at radius 2 is 1.59 bits per heavy atom. The number of benzene rings is 2. The highest BCUT2D eigenvalue weighted by Crippen LogP contribution is 2.11. The third kappa shape index (κ3) is 11.8. The molecule has 4 amide bonds. The molecule has 2 aromatic rings. The number of likely N-dealkylation sites (N-methyl/N-ethyl adjacent to an activating group) is 1. The molecule has 0 spiro atoms. The first-order valence-corrected chi connectivity index (χ1v) is 14.8. The Bertz CT molecular complexity index is 1130. The van der Waals surface area contributed by atoms with E-state index < -0.39 is 60.2 Å². The summed E-state index contributed by atoms with van der Waals surface area (Å²) >= 11 is -0.983. The normalized spacial score (nSPS) is 13.8. The van der Waals surface area contributed by atoms with Crippen molar-refractivity contribution in [2.45, 2.75) is 37.4 Å². The maximum Gasteiger partial charge on any atom is 0.245 e. The van der Waals surface area contributed by atoms with Gasteiger partial charge in [0.25, 0.3) is 0 Å². The van der Waals surface area contributed by atoms with E-state index in [0.29, 0.717) is 24.3 Å². The van der Waals surface area contributed by atoms with Crippen molar-refractivity contribution in [2.24, 2.45) is 5.73 Å². The number of nitrogens with two attached hydrogens (primary N) is 1. The molecule has 0 fully saturated rings. The van der Waals surface area contributed by atoms with Gasteiger partial charge in [-0.25, -0.2) is 0 Å². The zero-order valence-electron chi connectivity index (χ0n) is 23.2. The summed E-state index contributed by atoms with van der Waals surface area (Å²) in [5.74, 6) is -1.91. The van der Waals surface area contributed by atoms with Crippen LogP contribution in [0, 0.1) is 0 Å². The minimum absolute atomic E-state index is 0.0711. The van der Waals surface area contributed by atoms with Crippen molar-refractivity contribution in [1.29, 1.82) is 0 Å². The van der Waals surface area contributed by atoms with E-state index in [2.05, 4.69) is 16.0 Å². The van der Waals surface area contributed by atoms with Gasteiger partial charge in [-0.1, -0.05) is 53.6 Å². The number of phenols is 1. The molecule has 2 rings (SSSR count). The van der Waals surface area contributed by atoms with Crippen LogP contribution in [0.3, 0.4) is 0 Å². The van der Waals surface area contributed by atoms with Crippen LogP contribution >= 0.6 is 0 Å². The van der Waals surface area contributed by atoms with Crippen molar-refractivity contribution < 1.29 is 33.9 Å². The summed E-state index contributed by atoms with van der Waals surface area (Å²) in [4.78, 5) is 52.4. The predicted molar refractivity (Wildman–Crippen MR) is 155 cm³/mol. The van der Waals surface area contributed by atoms with E-state index >= 15 is 0 Å². The lowest BCUT2D eigenvalue weighted by molar-refractivity contribution is -0.139. The highest BCUT2D eigenvalue weighted by molar-refractivity contribution is 7.90. The molecule has 7 N–H and O–H groups in total. The number of aliphatic hydroxyl groups excluding tert-OH is 1. The SMILES string of the molecule is CN(C(=O)CNC(=O)[C@@H](CO)NC(=O)[C@@H](N)Cc1ccc(O)cc1)[C@@H](Cc1ccccc1)C(=O)NCCC[S+](C)[O-]. The Hall–Kier alpha value is -3.65. The van der Waals surface area contributed by atoms with Gasteiger partial charge in [0.15, 0.2) is 0 Å². The van der Waals surface area contributed by atoms with Crippen molar-refractivity contribution in [3.05, 3.63) is 65.7 Å². The zero-order valence-corrected chi connectivity index (χ0v) is 24.1. The van der Waals surface area contributed by atoms with Crippen LogP contribution < -0.4 is 21.7 Å². The van der Waals surface area contributed by atoms with E-state index in [1.807, 2.05) is 30.3 Å². The first-order chi connectivity index (χ1) is 19.5. The van der Waals surface area contributed by atoms with Crippen molar-refractivity contribution in [1.82, 2.24) is 20.9 Å². The van der Waals surface area contributed by atoms with E-state index in [-0.39, 0.29) is 24.5 Å². The number of nitrogens with zero attached hydrogens (tertiary/aromatic N) is 1. The van der Waals surface area contributed by atoms with Gasteiger partial charge < -0.3 is 41.3 Å². The Kier molecular flexibility index (Phi) is 14.1. The lowest BCUT2D eigenvalue weighted by atomic mass is 10.0. The molecular weight excluding hydrogens is 550 g/mol. The lowest BCUT2D eigenvalue weighted by Gasteiger charge is -2.28. The standard InChI is InChI=1S/C28H39N5O7S/c1-33(24(16-19-7-4-3-5-8-19)28(39)30-13-6-14-41(2)40)25(36)17-31-27(38)23(18-34)32-26(37)22(29)15-20-9-11-21(35)12-10-20/h3-5,7-12,22-24,34-35H,6,13-18,29H2,1-2H3,(H,30,39)(H,31,38)(H,32,37)/t22-,23+,24-,41?/m0/s1. The number of hydrogen-bond donors (Lipinski definition) is 6. The summed E-state index contributed by atoms with van der Waals surface area (Å²) in [6.07, 6.45) is 2.47. The first kappa shape index (κ1) is 33.6. The van der Waals surface area contributed by atoms with Crippen LogP contribution in [0.1, 0.15) is 17.5 Å². The number of aliphatic hydroxyl groups is 1. The topological polar surface area (TPSA) is 197 Å². The van der Waals surface area contributed by atoms with Crippen LogP contribution in [0.15, 0.2) is 54.6 Å². The molecule has 1 unspecified atom stereocenters. The van der Waals surface area contributed by atoms with Gasteiger partial charge in [-0.3, -0.25) is 19.2 Å². The molecule has 224 valence electrons. The van der Waals surface area contributed by atoms with Gasteiger partial charge >= 0.3 is 0 Å². The maximum absolute atomic E-state index is 13.0. The number of carbonyl (C=O) groups excluding carboxylic acids is 4. The molecule has 0 aliphatic heterocycles. The minimum atomic E-state index is -1.35. The molecule has 0 aromatic heterocycles. The molecule has 12 nitrogen and oxygen atoms in total. The minimum Gasteiger partial charge on any atom is -0.617 e. The predicted octanol–water partition coefficient (Wildman–Crippen LogP) is -1.19. The maximum atomic E-state index is 13.0. The van der Waals surface area contributed by atoms with E-state index in [1.165, 1.54) is 24.1 Å². The van der Waals surface area contributed by atoms with Crippen molar-refractivity contribution in [3.8, 4) is 5.75 Å². The summed E-state index contributed by atoms with van der Waals surface area (Å²) < 4.78 is 11.3. The van der Waals surface area contributed by atoms with Gasteiger partial charge in [-0.15, -0.1) is 0 Å². The Morgan fingerprint density at radius 3 is 2.20 bits per heavy atom. The summed E-state index contributed by atoms with van der Waals surface area (Å²) in [5, 5.41) is 26.6. The van der Waals surface area contributed by atoms with Crippen LogP contribution in [0.5, 0.6) is 5.75 Å². The molecule has 0 aliphatic carbocycles. The monoisotopic (exact) mass is 589 g/mol. The summed E-state index contributed by atoms with van der Waals surface area (Å²) in [6.45, 7) is -0.904. The highest BCUT2D eigenvalue weighted by Gasteiger charge is 2.29. The van der Waals surface area contributed by atoms with Crippen molar-refractivity contribution in [2.75, 3.05) is 38.8 Å². The average molecular weight is 590 g/mol. The molecule has 2 aromatic carbocycles. The number of nitrogens with one attached hydrogen (secondary N) is 3. The number of phenolic OH excluding ortho intramolecular Hbond substituents is 1. The van der Waals surface area contributed by atoms with Gasteiger partial charge in [0.05, 0.1) is 25.4 Å². The summed E-state index contributed by atoms with van der Waals surface area (Å²) in [7, 11) is 1.45. The van der Waals surface area contributed by atoms with Crippen LogP contribution in [0.2, 0.25) is 0 Å². The molecule has 0 bridgehead atoms. The third-order valence-electron chi connectivity index (χ3n) is 6.30. The fraction of sp³-hybridized carbons (Fsp3) is 0.429. The molecular formula is C28H39N5O7S. The second-order valence-corrected chi connectivity index (χ2v) is 11.1. The Balaban J connectivity index is 1.95. The third-order valence-corrected chi connectivity index (χ3v) is 7.16. The molecule has 13 heteroatoms. The average Bonchev–Trinajstić information content (AvgIpc) is 2.96. The number of aromatic hydroxyl groups is 1. The zero-order chi connectivity index (χ0) is 30.4. The van der Waals surface area contributed by atoms with Gasteiger partial charge in [-0.2, -0.15) is 0 Å². The van der Waals surface area contributed by atoms with Crippen molar-refractivity contribution in [3.63, 3.8) is 0 Å². The molecule has 4 atom stereocenters. The molecule has 0 saturated heterocycles. The van der Waals surface area contributed by atoms with Crippen molar-refractivity contribution >= 4 is 34.8 Å². The van der Waals surface area contributed by atoms with Crippen LogP contribution in [0.4, 0.5) is 0 Å². The van der Waals surface area contributed by atoms with E-state index in [1.54, 1.807) is 18.4 Å². The fourth-order valence-electron chi connectivity index (χ4n) is 3.88. The lowest BCUT2D eigenvalue weighted by Crippen LogP contribution is -2.56.